The average Bonchev–Trinajstić information content (AvgIpc) is 3.20. The summed E-state index contributed by atoms with van der Waals surface area (Å²) in [6.07, 6.45) is 1.59. The molecule has 0 heterocycles. The molecule has 0 atom stereocenters. The van der Waals surface area contributed by atoms with Crippen LogP contribution in [0.5, 0.6) is 11.5 Å². The van der Waals surface area contributed by atoms with Crippen LogP contribution in [0.25, 0.3) is 0 Å². The topological polar surface area (TPSA) is 87.1 Å². The molecule has 0 spiro atoms. The second kappa shape index (κ2) is 5.17. The van der Waals surface area contributed by atoms with Crippen LogP contribution in [0.15, 0.2) is 18.2 Å². The minimum atomic E-state index is -1.07. The maximum atomic E-state index is 12.3. The van der Waals surface area contributed by atoms with E-state index in [4.69, 9.17) is 9.84 Å². The molecular weight excluding hydrogens is 250 g/mol. The normalized spacial score (nSPS) is 13.9. The molecule has 6 nitrogen and oxygen atoms in total. The molecule has 19 heavy (non-hydrogen) atoms. The van der Waals surface area contributed by atoms with Gasteiger partial charge in [0.1, 0.15) is 18.0 Å². The fourth-order valence-corrected chi connectivity index (χ4v) is 1.87. The molecule has 1 aliphatic rings. The van der Waals surface area contributed by atoms with Gasteiger partial charge in [-0.05, 0) is 31.0 Å². The summed E-state index contributed by atoms with van der Waals surface area (Å²) in [5.74, 6) is -1.29. The number of rotatable bonds is 5. The molecular formula is C13H15NO5. The number of carboxylic acids is 1. The van der Waals surface area contributed by atoms with Crippen LogP contribution in [-0.2, 0) is 4.79 Å². The number of hydrogen-bond acceptors (Lipinski definition) is 4. The fourth-order valence-electron chi connectivity index (χ4n) is 1.87. The highest BCUT2D eigenvalue weighted by atomic mass is 16.5. The Morgan fingerprint density at radius 1 is 1.42 bits per heavy atom. The van der Waals surface area contributed by atoms with Crippen LogP contribution in [0.2, 0.25) is 0 Å². The zero-order chi connectivity index (χ0) is 14.0. The van der Waals surface area contributed by atoms with Crippen LogP contribution in [0.1, 0.15) is 23.2 Å². The summed E-state index contributed by atoms with van der Waals surface area (Å²) < 4.78 is 5.00. The van der Waals surface area contributed by atoms with Crippen molar-refractivity contribution in [1.29, 1.82) is 0 Å². The van der Waals surface area contributed by atoms with Crippen molar-refractivity contribution in [2.45, 2.75) is 18.9 Å². The second-order valence-electron chi connectivity index (χ2n) is 4.44. The first kappa shape index (κ1) is 13.2. The number of carboxylic acid groups (broad SMARTS) is 1. The Morgan fingerprint density at radius 2 is 2.11 bits per heavy atom. The monoisotopic (exact) mass is 265 g/mol. The van der Waals surface area contributed by atoms with Gasteiger partial charge >= 0.3 is 5.97 Å². The quantitative estimate of drug-likeness (QED) is 0.832. The SMILES string of the molecule is COc1ccc(O)c(C(=O)N(CC(=O)O)C2CC2)c1. The number of phenolic OH excluding ortho intramolecular Hbond substituents is 1. The number of carbonyl (C=O) groups excluding carboxylic acids is 1. The third-order valence-corrected chi connectivity index (χ3v) is 2.99. The van der Waals surface area contributed by atoms with Crippen LogP contribution < -0.4 is 4.74 Å². The lowest BCUT2D eigenvalue weighted by Gasteiger charge is -2.20. The van der Waals surface area contributed by atoms with Gasteiger partial charge in [-0.2, -0.15) is 0 Å². The van der Waals surface area contributed by atoms with Gasteiger partial charge in [-0.15, -0.1) is 0 Å². The summed E-state index contributed by atoms with van der Waals surface area (Å²) in [5.41, 5.74) is 0.0625. The molecule has 1 saturated carbocycles. The van der Waals surface area contributed by atoms with Gasteiger partial charge in [0.2, 0.25) is 0 Å². The number of aliphatic carboxylic acids is 1. The lowest BCUT2D eigenvalue weighted by atomic mass is 10.1. The molecule has 1 amide bonds. The van der Waals surface area contributed by atoms with Crippen molar-refractivity contribution >= 4 is 11.9 Å². The van der Waals surface area contributed by atoms with E-state index in [0.29, 0.717) is 5.75 Å². The van der Waals surface area contributed by atoms with Crippen LogP contribution in [0.3, 0.4) is 0 Å². The van der Waals surface area contributed by atoms with E-state index in [9.17, 15) is 14.7 Å². The molecule has 0 saturated heterocycles. The molecule has 6 heteroatoms. The summed E-state index contributed by atoms with van der Waals surface area (Å²) in [5, 5.41) is 18.6. The third-order valence-electron chi connectivity index (χ3n) is 2.99. The Balaban J connectivity index is 2.27. The molecule has 1 aromatic rings. The van der Waals surface area contributed by atoms with Crippen molar-refractivity contribution < 1.29 is 24.5 Å². The van der Waals surface area contributed by atoms with Crippen LogP contribution >= 0.6 is 0 Å². The van der Waals surface area contributed by atoms with Crippen molar-refractivity contribution in [2.24, 2.45) is 0 Å². The number of carbonyl (C=O) groups is 2. The van der Waals surface area contributed by atoms with Gasteiger partial charge in [0.05, 0.1) is 12.7 Å². The molecule has 0 radical (unpaired) electrons. The van der Waals surface area contributed by atoms with Crippen molar-refractivity contribution in [3.63, 3.8) is 0 Å². The highest BCUT2D eigenvalue weighted by molar-refractivity contribution is 5.99. The van der Waals surface area contributed by atoms with E-state index in [1.807, 2.05) is 0 Å². The van der Waals surface area contributed by atoms with Gasteiger partial charge in [0.25, 0.3) is 5.91 Å². The average molecular weight is 265 g/mol. The standard InChI is InChI=1S/C13H15NO5/c1-19-9-4-5-11(15)10(6-9)13(18)14(7-12(16)17)8-2-3-8/h4-6,8,15H,2-3,7H2,1H3,(H,16,17). The number of phenols is 1. The summed E-state index contributed by atoms with van der Waals surface area (Å²) in [6.45, 7) is -0.361. The van der Waals surface area contributed by atoms with Crippen molar-refractivity contribution in [3.05, 3.63) is 23.8 Å². The fraction of sp³-hybridized carbons (Fsp3) is 0.385. The molecule has 1 aromatic carbocycles. The predicted molar refractivity (Wildman–Crippen MR) is 66.4 cm³/mol. The molecule has 0 aliphatic heterocycles. The minimum absolute atomic E-state index is 0.0470. The van der Waals surface area contributed by atoms with E-state index < -0.39 is 11.9 Å². The molecule has 0 bridgehead atoms. The van der Waals surface area contributed by atoms with Crippen molar-refractivity contribution in [1.82, 2.24) is 4.90 Å². The van der Waals surface area contributed by atoms with Crippen LogP contribution in [0, 0.1) is 0 Å². The Morgan fingerprint density at radius 3 is 2.63 bits per heavy atom. The Hall–Kier alpha value is -2.24. The molecule has 102 valence electrons. The van der Waals surface area contributed by atoms with E-state index in [-0.39, 0.29) is 23.9 Å². The van der Waals surface area contributed by atoms with E-state index in [0.717, 1.165) is 12.8 Å². The van der Waals surface area contributed by atoms with E-state index >= 15 is 0 Å². The summed E-state index contributed by atoms with van der Waals surface area (Å²) in [4.78, 5) is 24.4. The molecule has 2 rings (SSSR count). The largest absolute Gasteiger partial charge is 0.507 e. The van der Waals surface area contributed by atoms with E-state index in [1.165, 1.54) is 30.2 Å². The summed E-state index contributed by atoms with van der Waals surface area (Å²) >= 11 is 0. The highest BCUT2D eigenvalue weighted by Crippen LogP contribution is 2.31. The van der Waals surface area contributed by atoms with Crippen molar-refractivity contribution in [3.8, 4) is 11.5 Å². The molecule has 0 unspecified atom stereocenters. The predicted octanol–water partition coefficient (Wildman–Crippen LogP) is 1.09. The number of hydrogen-bond donors (Lipinski definition) is 2. The smallest absolute Gasteiger partial charge is 0.323 e. The van der Waals surface area contributed by atoms with Crippen molar-refractivity contribution in [2.75, 3.05) is 13.7 Å². The zero-order valence-corrected chi connectivity index (χ0v) is 10.5. The number of nitrogens with zero attached hydrogens (tertiary/aromatic N) is 1. The lowest BCUT2D eigenvalue weighted by molar-refractivity contribution is -0.137. The number of benzene rings is 1. The number of methoxy groups -OCH3 is 1. The van der Waals surface area contributed by atoms with Crippen LogP contribution in [-0.4, -0.2) is 46.7 Å². The Labute approximate surface area is 110 Å². The van der Waals surface area contributed by atoms with Gasteiger partial charge in [-0.1, -0.05) is 0 Å². The number of aromatic hydroxyl groups is 1. The van der Waals surface area contributed by atoms with Gasteiger partial charge < -0.3 is 19.8 Å². The van der Waals surface area contributed by atoms with E-state index in [1.54, 1.807) is 0 Å². The van der Waals surface area contributed by atoms with Gasteiger partial charge in [0, 0.05) is 6.04 Å². The number of amides is 1. The first-order valence-corrected chi connectivity index (χ1v) is 5.92. The third kappa shape index (κ3) is 2.96. The summed E-state index contributed by atoms with van der Waals surface area (Å²) in [7, 11) is 1.45. The zero-order valence-electron chi connectivity index (χ0n) is 10.5. The molecule has 1 aliphatic carbocycles. The molecule has 0 aromatic heterocycles. The van der Waals surface area contributed by atoms with Gasteiger partial charge in [-0.3, -0.25) is 9.59 Å². The van der Waals surface area contributed by atoms with Crippen LogP contribution in [0.4, 0.5) is 0 Å². The first-order valence-electron chi connectivity index (χ1n) is 5.92. The van der Waals surface area contributed by atoms with Gasteiger partial charge in [-0.25, -0.2) is 0 Å². The number of ether oxygens (including phenoxy) is 1. The molecule has 1 fully saturated rings. The Bertz CT molecular complexity index is 510. The Kier molecular flexibility index (Phi) is 3.59. The summed E-state index contributed by atoms with van der Waals surface area (Å²) in [6, 6.07) is 4.26. The lowest BCUT2D eigenvalue weighted by Crippen LogP contribution is -2.37. The highest BCUT2D eigenvalue weighted by Gasteiger charge is 2.35. The first-order chi connectivity index (χ1) is 9.02. The second-order valence-corrected chi connectivity index (χ2v) is 4.44. The maximum Gasteiger partial charge on any atom is 0.323 e. The van der Waals surface area contributed by atoms with E-state index in [2.05, 4.69) is 0 Å². The minimum Gasteiger partial charge on any atom is -0.507 e. The maximum absolute atomic E-state index is 12.3. The van der Waals surface area contributed by atoms with Gasteiger partial charge in [0.15, 0.2) is 0 Å². The molecule has 2 N–H and O–H groups in total.